The van der Waals surface area contributed by atoms with Crippen LogP contribution < -0.4 is 5.32 Å². The van der Waals surface area contributed by atoms with Gasteiger partial charge in [0, 0.05) is 26.2 Å². The average Bonchev–Trinajstić information content (AvgIpc) is 2.44. The number of rotatable bonds is 6. The van der Waals surface area contributed by atoms with Crippen molar-refractivity contribution >= 4 is 11.9 Å². The quantitative estimate of drug-likeness (QED) is 0.698. The van der Waals surface area contributed by atoms with Crippen molar-refractivity contribution < 1.29 is 19.1 Å². The van der Waals surface area contributed by atoms with E-state index in [0.717, 1.165) is 12.8 Å². The number of esters is 1. The number of carbonyl (C=O) groups excluding carboxylic acids is 2. The molecule has 1 atom stereocenters. The molecule has 1 unspecified atom stereocenters. The molecular formula is C13H24N2O4. The molecular weight excluding hydrogens is 248 g/mol. The number of ether oxygens (including phenoxy) is 2. The molecule has 1 amide bonds. The Bertz CT molecular complexity index is 301. The van der Waals surface area contributed by atoms with Gasteiger partial charge in [-0.25, -0.2) is 0 Å². The van der Waals surface area contributed by atoms with Crippen molar-refractivity contribution in [1.82, 2.24) is 10.2 Å². The van der Waals surface area contributed by atoms with E-state index in [-0.39, 0.29) is 30.6 Å². The second-order valence-electron chi connectivity index (χ2n) is 4.74. The number of hydrogen-bond donors (Lipinski definition) is 1. The molecule has 0 bridgehead atoms. The molecule has 0 aromatic rings. The van der Waals surface area contributed by atoms with Crippen LogP contribution in [0.4, 0.5) is 0 Å². The largest absolute Gasteiger partial charge is 0.468 e. The summed E-state index contributed by atoms with van der Waals surface area (Å²) in [6, 6.07) is 0.00636. The molecule has 0 aromatic heterocycles. The summed E-state index contributed by atoms with van der Waals surface area (Å²) < 4.78 is 9.60. The highest BCUT2D eigenvalue weighted by Crippen LogP contribution is 2.12. The number of piperidine rings is 1. The van der Waals surface area contributed by atoms with Crippen molar-refractivity contribution in [2.24, 2.45) is 0 Å². The van der Waals surface area contributed by atoms with Crippen LogP contribution in [0, 0.1) is 0 Å². The zero-order valence-corrected chi connectivity index (χ0v) is 12.0. The molecule has 0 aliphatic carbocycles. The van der Waals surface area contributed by atoms with Crippen molar-refractivity contribution in [3.63, 3.8) is 0 Å². The minimum absolute atomic E-state index is 0.0287. The molecule has 0 radical (unpaired) electrons. The smallest absolute Gasteiger partial charge is 0.322 e. The van der Waals surface area contributed by atoms with E-state index < -0.39 is 0 Å². The molecule has 1 heterocycles. The molecule has 1 fully saturated rings. The van der Waals surface area contributed by atoms with Crippen LogP contribution in [0.3, 0.4) is 0 Å². The first-order chi connectivity index (χ1) is 9.12. The maximum Gasteiger partial charge on any atom is 0.322 e. The molecule has 1 N–H and O–H groups in total. The van der Waals surface area contributed by atoms with E-state index in [4.69, 9.17) is 9.47 Å². The summed E-state index contributed by atoms with van der Waals surface area (Å²) in [5.74, 6) is -0.193. The van der Waals surface area contributed by atoms with Crippen LogP contribution in [0.25, 0.3) is 0 Å². The van der Waals surface area contributed by atoms with Gasteiger partial charge in [-0.05, 0) is 19.3 Å². The molecule has 19 heavy (non-hydrogen) atoms. The highest BCUT2D eigenvalue weighted by atomic mass is 16.5. The van der Waals surface area contributed by atoms with Gasteiger partial charge in [-0.15, -0.1) is 0 Å². The van der Waals surface area contributed by atoms with Crippen molar-refractivity contribution in [3.8, 4) is 0 Å². The van der Waals surface area contributed by atoms with Gasteiger partial charge in [-0.1, -0.05) is 6.92 Å². The maximum absolute atomic E-state index is 11.6. The highest BCUT2D eigenvalue weighted by Gasteiger charge is 2.26. The number of amides is 1. The third-order valence-corrected chi connectivity index (χ3v) is 3.45. The summed E-state index contributed by atoms with van der Waals surface area (Å²) in [4.78, 5) is 25.0. The Morgan fingerprint density at radius 3 is 2.42 bits per heavy atom. The van der Waals surface area contributed by atoms with Crippen LogP contribution in [0.5, 0.6) is 0 Å². The minimum atomic E-state index is -0.253. The summed E-state index contributed by atoms with van der Waals surface area (Å²) in [6.45, 7) is 3.50. The van der Waals surface area contributed by atoms with Crippen LogP contribution in [0.2, 0.25) is 0 Å². The Kier molecular flexibility index (Phi) is 6.80. The summed E-state index contributed by atoms with van der Waals surface area (Å²) in [7, 11) is 2.92. The lowest BCUT2D eigenvalue weighted by atomic mass is 10.0. The molecule has 6 nitrogen and oxygen atoms in total. The van der Waals surface area contributed by atoms with Gasteiger partial charge < -0.3 is 19.7 Å². The van der Waals surface area contributed by atoms with Crippen LogP contribution in [-0.4, -0.2) is 62.8 Å². The Labute approximate surface area is 114 Å². The molecule has 1 aliphatic heterocycles. The topological polar surface area (TPSA) is 67.9 Å². The van der Waals surface area contributed by atoms with Gasteiger partial charge >= 0.3 is 5.97 Å². The molecule has 6 heteroatoms. The molecule has 110 valence electrons. The van der Waals surface area contributed by atoms with Crippen molar-refractivity contribution in [3.05, 3.63) is 0 Å². The van der Waals surface area contributed by atoms with Gasteiger partial charge in [0.15, 0.2) is 0 Å². The Morgan fingerprint density at radius 2 is 1.95 bits per heavy atom. The van der Waals surface area contributed by atoms with Gasteiger partial charge in [0.05, 0.1) is 7.11 Å². The average molecular weight is 272 g/mol. The molecule has 1 aliphatic rings. The number of methoxy groups -OCH3 is 2. The lowest BCUT2D eigenvalue weighted by molar-refractivity contribution is -0.144. The van der Waals surface area contributed by atoms with Gasteiger partial charge in [0.25, 0.3) is 0 Å². The van der Waals surface area contributed by atoms with Crippen LogP contribution >= 0.6 is 0 Å². The summed E-state index contributed by atoms with van der Waals surface area (Å²) in [6.07, 6.45) is 2.40. The lowest BCUT2D eigenvalue weighted by Crippen LogP contribution is -2.50. The highest BCUT2D eigenvalue weighted by molar-refractivity contribution is 5.77. The second-order valence-corrected chi connectivity index (χ2v) is 4.74. The van der Waals surface area contributed by atoms with E-state index in [1.807, 2.05) is 6.92 Å². The Balaban J connectivity index is 2.37. The molecule has 1 rings (SSSR count). The zero-order chi connectivity index (χ0) is 14.3. The van der Waals surface area contributed by atoms with Crippen LogP contribution in [-0.2, 0) is 19.1 Å². The van der Waals surface area contributed by atoms with E-state index in [2.05, 4.69) is 5.32 Å². The van der Waals surface area contributed by atoms with Crippen molar-refractivity contribution in [2.45, 2.75) is 38.3 Å². The van der Waals surface area contributed by atoms with Crippen LogP contribution in [0.1, 0.15) is 26.2 Å². The normalized spacial score (nSPS) is 18.2. The summed E-state index contributed by atoms with van der Waals surface area (Å²) in [5, 5.41) is 3.30. The number of nitrogens with one attached hydrogen (secondary N) is 1. The monoisotopic (exact) mass is 272 g/mol. The van der Waals surface area contributed by atoms with Crippen LogP contribution in [0.15, 0.2) is 0 Å². The Morgan fingerprint density at radius 1 is 1.32 bits per heavy atom. The molecule has 1 saturated heterocycles. The van der Waals surface area contributed by atoms with Gasteiger partial charge in [-0.3, -0.25) is 9.59 Å². The van der Waals surface area contributed by atoms with Crippen molar-refractivity contribution in [1.29, 1.82) is 0 Å². The number of hydrogen-bond acceptors (Lipinski definition) is 5. The molecule has 0 saturated carbocycles. The van der Waals surface area contributed by atoms with Gasteiger partial charge in [0.2, 0.25) is 5.91 Å². The van der Waals surface area contributed by atoms with E-state index >= 15 is 0 Å². The number of likely N-dealkylation sites (tertiary alicyclic amines) is 1. The predicted molar refractivity (Wildman–Crippen MR) is 70.7 cm³/mol. The third-order valence-electron chi connectivity index (χ3n) is 3.45. The standard InChI is InChI=1S/C13H24N2O4/c1-4-11(13(17)19-3)14-10-5-7-15(8-6-10)12(16)9-18-2/h10-11,14H,4-9H2,1-3H3. The second kappa shape index (κ2) is 8.12. The Hall–Kier alpha value is -1.14. The first kappa shape index (κ1) is 15.9. The summed E-state index contributed by atoms with van der Waals surface area (Å²) in [5.41, 5.74) is 0. The van der Waals surface area contributed by atoms with Gasteiger partial charge in [-0.2, -0.15) is 0 Å². The van der Waals surface area contributed by atoms with E-state index in [1.54, 1.807) is 4.90 Å². The fourth-order valence-electron chi connectivity index (χ4n) is 2.29. The predicted octanol–water partition coefficient (Wildman–Crippen LogP) is 0.165. The molecule has 0 spiro atoms. The lowest BCUT2D eigenvalue weighted by Gasteiger charge is -2.33. The van der Waals surface area contributed by atoms with Crippen molar-refractivity contribution in [2.75, 3.05) is 33.9 Å². The number of nitrogens with zero attached hydrogens (tertiary/aromatic N) is 1. The SMILES string of the molecule is CCC(NC1CCN(C(=O)COC)CC1)C(=O)OC. The first-order valence-electron chi connectivity index (χ1n) is 6.73. The number of carbonyl (C=O) groups is 2. The fourth-order valence-corrected chi connectivity index (χ4v) is 2.29. The minimum Gasteiger partial charge on any atom is -0.468 e. The van der Waals surface area contributed by atoms with E-state index in [0.29, 0.717) is 19.5 Å². The maximum atomic E-state index is 11.6. The van der Waals surface area contributed by atoms with Gasteiger partial charge in [0.1, 0.15) is 12.6 Å². The van der Waals surface area contributed by atoms with E-state index in [9.17, 15) is 9.59 Å². The zero-order valence-electron chi connectivity index (χ0n) is 12.0. The first-order valence-corrected chi connectivity index (χ1v) is 6.73. The van der Waals surface area contributed by atoms with E-state index in [1.165, 1.54) is 14.2 Å². The molecule has 0 aromatic carbocycles. The third kappa shape index (κ3) is 4.80. The fraction of sp³-hybridized carbons (Fsp3) is 0.846. The summed E-state index contributed by atoms with van der Waals surface area (Å²) >= 11 is 0.